The number of morpholine rings is 1. The summed E-state index contributed by atoms with van der Waals surface area (Å²) in [7, 11) is 0. The smallest absolute Gasteiger partial charge is 0.257 e. The molecule has 3 aromatic rings. The van der Waals surface area contributed by atoms with Gasteiger partial charge in [0.05, 0.1) is 31.5 Å². The van der Waals surface area contributed by atoms with E-state index in [0.29, 0.717) is 43.6 Å². The van der Waals surface area contributed by atoms with Gasteiger partial charge < -0.3 is 19.0 Å². The maximum atomic E-state index is 13.3. The minimum Gasteiger partial charge on any atom is -0.467 e. The van der Waals surface area contributed by atoms with Crippen molar-refractivity contribution < 1.29 is 18.3 Å². The van der Waals surface area contributed by atoms with Crippen LogP contribution < -0.4 is 4.90 Å². The lowest BCUT2D eigenvalue weighted by molar-refractivity contribution is -0.0229. The van der Waals surface area contributed by atoms with Gasteiger partial charge in [0.15, 0.2) is 0 Å². The van der Waals surface area contributed by atoms with Gasteiger partial charge in [-0.2, -0.15) is 0 Å². The van der Waals surface area contributed by atoms with Gasteiger partial charge in [-0.1, -0.05) is 30.3 Å². The van der Waals surface area contributed by atoms with E-state index < -0.39 is 0 Å². The summed E-state index contributed by atoms with van der Waals surface area (Å²) in [6, 6.07) is 16.7. The zero-order chi connectivity index (χ0) is 21.4. The minimum atomic E-state index is -0.284. The van der Waals surface area contributed by atoms with Gasteiger partial charge in [0.2, 0.25) is 0 Å². The van der Waals surface area contributed by atoms with Gasteiger partial charge in [0.1, 0.15) is 17.7 Å². The molecule has 1 fully saturated rings. The van der Waals surface area contributed by atoms with Gasteiger partial charge in [-0.15, -0.1) is 0 Å². The Bertz CT molecular complexity index is 1080. The van der Waals surface area contributed by atoms with Crippen LogP contribution in [0.4, 0.5) is 10.1 Å². The quantitative estimate of drug-likeness (QED) is 0.620. The van der Waals surface area contributed by atoms with Gasteiger partial charge >= 0.3 is 0 Å². The SMILES string of the molecule is CC1Cc2ccccc2N1Cc1occc1C(=O)N1CCOC(c2ccc(F)cc2)C1. The molecule has 6 heteroatoms. The van der Waals surface area contributed by atoms with Crippen LogP contribution in [0, 0.1) is 5.82 Å². The molecule has 1 amide bonds. The number of carbonyl (C=O) groups excluding carboxylic acids is 1. The second-order valence-electron chi connectivity index (χ2n) is 8.23. The minimum absolute atomic E-state index is 0.0562. The molecule has 0 N–H and O–H groups in total. The predicted octanol–water partition coefficient (Wildman–Crippen LogP) is 4.58. The van der Waals surface area contributed by atoms with Gasteiger partial charge in [0, 0.05) is 18.3 Å². The monoisotopic (exact) mass is 420 g/mol. The zero-order valence-corrected chi connectivity index (χ0v) is 17.5. The molecule has 0 spiro atoms. The fourth-order valence-electron chi connectivity index (χ4n) is 4.56. The number of benzene rings is 2. The average molecular weight is 420 g/mol. The number of furan rings is 1. The van der Waals surface area contributed by atoms with Crippen LogP contribution in [0.1, 0.15) is 40.3 Å². The Labute approximate surface area is 181 Å². The Balaban J connectivity index is 1.33. The van der Waals surface area contributed by atoms with E-state index >= 15 is 0 Å². The zero-order valence-electron chi connectivity index (χ0n) is 17.5. The highest BCUT2D eigenvalue weighted by molar-refractivity contribution is 5.95. The summed E-state index contributed by atoms with van der Waals surface area (Å²) >= 11 is 0. The summed E-state index contributed by atoms with van der Waals surface area (Å²) < 4.78 is 24.9. The van der Waals surface area contributed by atoms with Crippen molar-refractivity contribution in [2.45, 2.75) is 32.0 Å². The number of nitrogens with zero attached hydrogens (tertiary/aromatic N) is 2. The maximum Gasteiger partial charge on any atom is 0.257 e. The Morgan fingerprint density at radius 1 is 1.13 bits per heavy atom. The second-order valence-corrected chi connectivity index (χ2v) is 8.23. The third-order valence-corrected chi connectivity index (χ3v) is 6.23. The molecule has 160 valence electrons. The van der Waals surface area contributed by atoms with Gasteiger partial charge in [-0.25, -0.2) is 4.39 Å². The first kappa shape index (κ1) is 19.8. The van der Waals surface area contributed by atoms with Gasteiger partial charge in [0.25, 0.3) is 5.91 Å². The van der Waals surface area contributed by atoms with Crippen molar-refractivity contribution in [3.8, 4) is 0 Å². The number of amides is 1. The third-order valence-electron chi connectivity index (χ3n) is 6.23. The number of carbonyl (C=O) groups is 1. The van der Waals surface area contributed by atoms with Crippen LogP contribution >= 0.6 is 0 Å². The van der Waals surface area contributed by atoms with Crippen LogP contribution in [-0.2, 0) is 17.7 Å². The molecule has 3 heterocycles. The summed E-state index contributed by atoms with van der Waals surface area (Å²) in [6.45, 7) is 4.14. The fourth-order valence-corrected chi connectivity index (χ4v) is 4.56. The average Bonchev–Trinajstić information content (AvgIpc) is 3.38. The molecule has 2 unspecified atom stereocenters. The Hall–Kier alpha value is -3.12. The molecule has 2 aliphatic rings. The lowest BCUT2D eigenvalue weighted by Crippen LogP contribution is -2.42. The standard InChI is InChI=1S/C25H25FN2O3/c1-17-14-19-4-2-3-5-22(19)28(17)16-24-21(10-12-30-24)25(29)27-11-13-31-23(15-27)18-6-8-20(26)9-7-18/h2-10,12,17,23H,11,13-16H2,1H3. The maximum absolute atomic E-state index is 13.3. The first-order valence-electron chi connectivity index (χ1n) is 10.7. The molecule has 5 rings (SSSR count). The van der Waals surface area contributed by atoms with Crippen molar-refractivity contribution in [2.24, 2.45) is 0 Å². The van der Waals surface area contributed by atoms with Crippen LogP contribution in [0.2, 0.25) is 0 Å². The highest BCUT2D eigenvalue weighted by atomic mass is 19.1. The second kappa shape index (κ2) is 8.19. The first-order chi connectivity index (χ1) is 15.1. The summed E-state index contributed by atoms with van der Waals surface area (Å²) in [5, 5.41) is 0. The van der Waals surface area contributed by atoms with Gasteiger partial charge in [-0.3, -0.25) is 4.79 Å². The molecule has 2 atom stereocenters. The number of hydrogen-bond acceptors (Lipinski definition) is 4. The number of para-hydroxylation sites is 1. The summed E-state index contributed by atoms with van der Waals surface area (Å²) in [6.07, 6.45) is 2.31. The van der Waals surface area contributed by atoms with Crippen LogP contribution in [0.3, 0.4) is 0 Å². The largest absolute Gasteiger partial charge is 0.467 e. The molecule has 2 aromatic carbocycles. The molecule has 0 radical (unpaired) electrons. The van der Waals surface area contributed by atoms with Crippen molar-refractivity contribution in [2.75, 3.05) is 24.6 Å². The number of hydrogen-bond donors (Lipinski definition) is 0. The molecular weight excluding hydrogens is 395 g/mol. The highest BCUT2D eigenvalue weighted by Crippen LogP contribution is 2.34. The Morgan fingerprint density at radius 3 is 2.77 bits per heavy atom. The van der Waals surface area contributed by atoms with Crippen LogP contribution in [0.15, 0.2) is 65.3 Å². The topological polar surface area (TPSA) is 45.9 Å². The number of rotatable bonds is 4. The number of fused-ring (bicyclic) bond motifs is 1. The fraction of sp³-hybridized carbons (Fsp3) is 0.320. The van der Waals surface area contributed by atoms with Crippen LogP contribution in [0.5, 0.6) is 0 Å². The van der Waals surface area contributed by atoms with Gasteiger partial charge in [-0.05, 0) is 48.7 Å². The normalized spacial score (nSPS) is 20.7. The lowest BCUT2D eigenvalue weighted by Gasteiger charge is -2.33. The number of ether oxygens (including phenoxy) is 1. The molecule has 5 nitrogen and oxygen atoms in total. The number of anilines is 1. The molecule has 31 heavy (non-hydrogen) atoms. The first-order valence-corrected chi connectivity index (χ1v) is 10.7. The highest BCUT2D eigenvalue weighted by Gasteiger charge is 2.31. The van der Waals surface area contributed by atoms with E-state index in [9.17, 15) is 9.18 Å². The molecule has 1 saturated heterocycles. The van der Waals surface area contributed by atoms with Crippen molar-refractivity contribution in [3.05, 3.63) is 89.1 Å². The number of halogens is 1. The summed E-state index contributed by atoms with van der Waals surface area (Å²) in [5.74, 6) is 0.339. The van der Waals surface area contributed by atoms with E-state index in [1.54, 1.807) is 29.4 Å². The molecule has 0 aliphatic carbocycles. The van der Waals surface area contributed by atoms with Crippen molar-refractivity contribution >= 4 is 11.6 Å². The molecule has 0 bridgehead atoms. The van der Waals surface area contributed by atoms with E-state index in [1.807, 2.05) is 6.07 Å². The van der Waals surface area contributed by atoms with Crippen molar-refractivity contribution in [1.82, 2.24) is 4.90 Å². The van der Waals surface area contributed by atoms with E-state index in [4.69, 9.17) is 9.15 Å². The Kier molecular flexibility index (Phi) is 5.24. The lowest BCUT2D eigenvalue weighted by atomic mass is 10.1. The van der Waals surface area contributed by atoms with E-state index in [-0.39, 0.29) is 17.8 Å². The summed E-state index contributed by atoms with van der Waals surface area (Å²) in [5.41, 5.74) is 3.99. The van der Waals surface area contributed by atoms with Crippen molar-refractivity contribution in [3.63, 3.8) is 0 Å². The third kappa shape index (κ3) is 3.83. The predicted molar refractivity (Wildman–Crippen MR) is 115 cm³/mol. The van der Waals surface area contributed by atoms with Crippen LogP contribution in [-0.4, -0.2) is 36.5 Å². The van der Waals surface area contributed by atoms with Crippen molar-refractivity contribution in [1.29, 1.82) is 0 Å². The molecule has 2 aliphatic heterocycles. The van der Waals surface area contributed by atoms with E-state index in [1.165, 1.54) is 23.4 Å². The molecule has 1 aromatic heterocycles. The summed E-state index contributed by atoms with van der Waals surface area (Å²) in [4.78, 5) is 17.4. The van der Waals surface area contributed by atoms with E-state index in [2.05, 4.69) is 30.0 Å². The van der Waals surface area contributed by atoms with Crippen LogP contribution in [0.25, 0.3) is 0 Å². The Morgan fingerprint density at radius 2 is 1.94 bits per heavy atom. The molecular formula is C25H25FN2O3. The molecule has 0 saturated carbocycles. The van der Waals surface area contributed by atoms with E-state index in [0.717, 1.165) is 12.0 Å².